The molecular formula is C16H22ClN5. The Kier molecular flexibility index (Phi) is 4.52. The number of rotatable bonds is 2. The van der Waals surface area contributed by atoms with Crippen LogP contribution in [0.5, 0.6) is 0 Å². The average Bonchev–Trinajstić information content (AvgIpc) is 2.71. The van der Waals surface area contributed by atoms with Gasteiger partial charge in [0.15, 0.2) is 5.96 Å². The van der Waals surface area contributed by atoms with Gasteiger partial charge >= 0.3 is 0 Å². The van der Waals surface area contributed by atoms with Gasteiger partial charge in [0.2, 0.25) is 0 Å². The third-order valence-electron chi connectivity index (χ3n) is 4.25. The van der Waals surface area contributed by atoms with Crippen LogP contribution in [0.2, 0.25) is 5.02 Å². The minimum absolute atomic E-state index is 0.491. The molecule has 22 heavy (non-hydrogen) atoms. The summed E-state index contributed by atoms with van der Waals surface area (Å²) in [5.74, 6) is 1.53. The Bertz CT molecular complexity index is 683. The highest BCUT2D eigenvalue weighted by Gasteiger charge is 2.12. The molecule has 1 saturated heterocycles. The number of halogens is 1. The van der Waals surface area contributed by atoms with Gasteiger partial charge in [0.05, 0.1) is 11.0 Å². The van der Waals surface area contributed by atoms with Gasteiger partial charge in [-0.25, -0.2) is 9.98 Å². The molecule has 2 aromatic rings. The van der Waals surface area contributed by atoms with Crippen LogP contribution in [-0.2, 0) is 13.6 Å². The highest BCUT2D eigenvalue weighted by Crippen LogP contribution is 2.20. The van der Waals surface area contributed by atoms with Gasteiger partial charge in [0.1, 0.15) is 12.4 Å². The molecule has 0 spiro atoms. The van der Waals surface area contributed by atoms with Crippen LogP contribution in [0, 0.1) is 0 Å². The van der Waals surface area contributed by atoms with E-state index in [1.54, 1.807) is 0 Å². The van der Waals surface area contributed by atoms with E-state index in [1.807, 2.05) is 29.8 Å². The van der Waals surface area contributed by atoms with Gasteiger partial charge in [-0.2, -0.15) is 0 Å². The first kappa shape index (κ1) is 15.2. The summed E-state index contributed by atoms with van der Waals surface area (Å²) in [4.78, 5) is 11.3. The molecule has 1 aliphatic heterocycles. The predicted octanol–water partition coefficient (Wildman–Crippen LogP) is 2.92. The summed E-state index contributed by atoms with van der Waals surface area (Å²) in [6.45, 7) is 2.51. The number of aromatic nitrogens is 2. The lowest BCUT2D eigenvalue weighted by Crippen LogP contribution is -2.38. The minimum atomic E-state index is 0.491. The van der Waals surface area contributed by atoms with Crippen LogP contribution in [-0.4, -0.2) is 33.5 Å². The molecule has 1 aromatic carbocycles. The number of benzene rings is 1. The standard InChI is InChI=1S/C16H22ClN5/c1-21-14-7-6-12(17)10-13(14)20-15(21)11-19-16(18)22-8-4-2-3-5-9-22/h6-7,10H,2-5,8-9,11H2,1H3,(H2,18,19). The molecule has 0 unspecified atom stereocenters. The van der Waals surface area contributed by atoms with Gasteiger partial charge in [0.25, 0.3) is 0 Å². The monoisotopic (exact) mass is 319 g/mol. The van der Waals surface area contributed by atoms with E-state index in [1.165, 1.54) is 25.7 Å². The van der Waals surface area contributed by atoms with Crippen molar-refractivity contribution in [3.05, 3.63) is 29.0 Å². The van der Waals surface area contributed by atoms with E-state index in [0.717, 1.165) is 29.9 Å². The molecular weight excluding hydrogens is 298 g/mol. The largest absolute Gasteiger partial charge is 0.370 e. The lowest BCUT2D eigenvalue weighted by Gasteiger charge is -2.20. The van der Waals surface area contributed by atoms with Crippen molar-refractivity contribution >= 4 is 28.6 Å². The van der Waals surface area contributed by atoms with Crippen LogP contribution in [0.1, 0.15) is 31.5 Å². The van der Waals surface area contributed by atoms with E-state index >= 15 is 0 Å². The summed E-state index contributed by atoms with van der Waals surface area (Å²) >= 11 is 6.02. The summed E-state index contributed by atoms with van der Waals surface area (Å²) in [5, 5.41) is 0.699. The summed E-state index contributed by atoms with van der Waals surface area (Å²) < 4.78 is 2.05. The maximum Gasteiger partial charge on any atom is 0.191 e. The van der Waals surface area contributed by atoms with Crippen molar-refractivity contribution in [3.8, 4) is 0 Å². The highest BCUT2D eigenvalue weighted by molar-refractivity contribution is 6.31. The number of hydrogen-bond acceptors (Lipinski definition) is 2. The van der Waals surface area contributed by atoms with Gasteiger partial charge in [-0.1, -0.05) is 24.4 Å². The van der Waals surface area contributed by atoms with Crippen molar-refractivity contribution in [2.45, 2.75) is 32.2 Å². The van der Waals surface area contributed by atoms with Crippen LogP contribution < -0.4 is 5.73 Å². The number of aliphatic imine (C=N–C) groups is 1. The fraction of sp³-hybridized carbons (Fsp3) is 0.500. The second kappa shape index (κ2) is 6.57. The average molecular weight is 320 g/mol. The Morgan fingerprint density at radius 2 is 2.00 bits per heavy atom. The molecule has 1 aliphatic rings. The molecule has 0 radical (unpaired) electrons. The molecule has 0 bridgehead atoms. The first-order chi connectivity index (χ1) is 10.6. The van der Waals surface area contributed by atoms with Gasteiger partial charge in [-0.15, -0.1) is 0 Å². The third kappa shape index (κ3) is 3.19. The van der Waals surface area contributed by atoms with Crippen molar-refractivity contribution < 1.29 is 0 Å². The smallest absolute Gasteiger partial charge is 0.191 e. The van der Waals surface area contributed by atoms with E-state index in [-0.39, 0.29) is 0 Å². The van der Waals surface area contributed by atoms with Gasteiger partial charge in [-0.05, 0) is 31.0 Å². The van der Waals surface area contributed by atoms with Crippen molar-refractivity contribution in [2.24, 2.45) is 17.8 Å². The number of hydrogen-bond donors (Lipinski definition) is 1. The van der Waals surface area contributed by atoms with Crippen molar-refractivity contribution in [3.63, 3.8) is 0 Å². The second-order valence-electron chi connectivity index (χ2n) is 5.80. The fourth-order valence-electron chi connectivity index (χ4n) is 2.92. The molecule has 0 saturated carbocycles. The molecule has 0 aliphatic carbocycles. The molecule has 6 heteroatoms. The lowest BCUT2D eigenvalue weighted by molar-refractivity contribution is 0.428. The Balaban J connectivity index is 1.77. The lowest BCUT2D eigenvalue weighted by atomic mass is 10.2. The molecule has 3 rings (SSSR count). The van der Waals surface area contributed by atoms with Crippen LogP contribution in [0.25, 0.3) is 11.0 Å². The predicted molar refractivity (Wildman–Crippen MR) is 91.1 cm³/mol. The topological polar surface area (TPSA) is 59.4 Å². The molecule has 118 valence electrons. The van der Waals surface area contributed by atoms with Crippen molar-refractivity contribution in [1.82, 2.24) is 14.5 Å². The molecule has 1 aromatic heterocycles. The SMILES string of the molecule is Cn1c(CN=C(N)N2CCCCCC2)nc2cc(Cl)ccc21. The Morgan fingerprint density at radius 1 is 1.27 bits per heavy atom. The quantitative estimate of drug-likeness (QED) is 0.684. The van der Waals surface area contributed by atoms with Gasteiger partial charge in [-0.3, -0.25) is 0 Å². The fourth-order valence-corrected chi connectivity index (χ4v) is 3.08. The van der Waals surface area contributed by atoms with Crippen LogP contribution in [0.4, 0.5) is 0 Å². The zero-order chi connectivity index (χ0) is 15.5. The van der Waals surface area contributed by atoms with E-state index in [0.29, 0.717) is 17.5 Å². The number of likely N-dealkylation sites (tertiary alicyclic amines) is 1. The first-order valence-electron chi connectivity index (χ1n) is 7.81. The normalized spacial score (nSPS) is 17.0. The molecule has 0 atom stereocenters. The molecule has 2 N–H and O–H groups in total. The summed E-state index contributed by atoms with van der Waals surface area (Å²) in [6.07, 6.45) is 4.96. The first-order valence-corrected chi connectivity index (χ1v) is 8.18. The van der Waals surface area contributed by atoms with Crippen LogP contribution in [0.15, 0.2) is 23.2 Å². The van der Waals surface area contributed by atoms with Gasteiger partial charge in [0, 0.05) is 25.2 Å². The summed E-state index contributed by atoms with van der Waals surface area (Å²) in [7, 11) is 2.00. The zero-order valence-electron chi connectivity index (χ0n) is 12.9. The molecule has 2 heterocycles. The zero-order valence-corrected chi connectivity index (χ0v) is 13.7. The number of nitrogens with two attached hydrogens (primary N) is 1. The van der Waals surface area contributed by atoms with Gasteiger partial charge < -0.3 is 15.2 Å². The number of aryl methyl sites for hydroxylation is 1. The number of imidazole rings is 1. The maximum absolute atomic E-state index is 6.15. The highest BCUT2D eigenvalue weighted by atomic mass is 35.5. The summed E-state index contributed by atoms with van der Waals surface area (Å²) in [5.41, 5.74) is 8.11. The maximum atomic E-state index is 6.15. The summed E-state index contributed by atoms with van der Waals surface area (Å²) in [6, 6.07) is 5.74. The van der Waals surface area contributed by atoms with E-state index in [9.17, 15) is 0 Å². The van der Waals surface area contributed by atoms with Crippen LogP contribution in [0.3, 0.4) is 0 Å². The Labute approximate surface area is 135 Å². The number of nitrogens with zero attached hydrogens (tertiary/aromatic N) is 4. The van der Waals surface area contributed by atoms with E-state index in [2.05, 4.69) is 14.9 Å². The minimum Gasteiger partial charge on any atom is -0.370 e. The third-order valence-corrected chi connectivity index (χ3v) is 4.48. The van der Waals surface area contributed by atoms with Crippen molar-refractivity contribution in [1.29, 1.82) is 0 Å². The number of guanidine groups is 1. The van der Waals surface area contributed by atoms with Crippen molar-refractivity contribution in [2.75, 3.05) is 13.1 Å². The molecule has 0 amide bonds. The van der Waals surface area contributed by atoms with E-state index in [4.69, 9.17) is 17.3 Å². The van der Waals surface area contributed by atoms with E-state index < -0.39 is 0 Å². The Morgan fingerprint density at radius 3 is 2.73 bits per heavy atom. The van der Waals surface area contributed by atoms with Crippen LogP contribution >= 0.6 is 11.6 Å². The molecule has 5 nitrogen and oxygen atoms in total. The number of fused-ring (bicyclic) bond motifs is 1. The molecule has 1 fully saturated rings. The second-order valence-corrected chi connectivity index (χ2v) is 6.23. The Hall–Kier alpha value is -1.75.